The topological polar surface area (TPSA) is 123 Å². The molecule has 2 aliphatic heterocycles. The highest BCUT2D eigenvalue weighted by atomic mass is 35.5. The number of rotatable bonds is 4. The SMILES string of the molecule is CCc1ccc(/C=C2\SC(=S)NC2=O)cc1.CN1CC[C@H](c2c(O)cc(O)c3c(=O)cc(-c4ccccc4Cl)oc23)[C@H](O)C1. The highest BCUT2D eigenvalue weighted by molar-refractivity contribution is 8.26. The Balaban J connectivity index is 0.000000204. The zero-order valence-corrected chi connectivity index (χ0v) is 26.4. The lowest BCUT2D eigenvalue weighted by atomic mass is 9.85. The first-order chi connectivity index (χ1) is 21.0. The number of amides is 1. The minimum Gasteiger partial charge on any atom is -0.507 e. The Kier molecular flexibility index (Phi) is 9.77. The highest BCUT2D eigenvalue weighted by Gasteiger charge is 2.33. The van der Waals surface area contributed by atoms with E-state index >= 15 is 0 Å². The number of carbonyl (C=O) groups excluding carboxylic acids is 1. The summed E-state index contributed by atoms with van der Waals surface area (Å²) in [6, 6.07) is 17.5. The lowest BCUT2D eigenvalue weighted by Gasteiger charge is -2.34. The van der Waals surface area contributed by atoms with Crippen LogP contribution in [0.5, 0.6) is 11.5 Å². The molecule has 2 fully saturated rings. The van der Waals surface area contributed by atoms with Crippen molar-refractivity contribution in [3.05, 3.63) is 97.5 Å². The van der Waals surface area contributed by atoms with Gasteiger partial charge in [0.25, 0.3) is 5.91 Å². The first-order valence-electron chi connectivity index (χ1n) is 14.0. The van der Waals surface area contributed by atoms with Crippen LogP contribution in [0.3, 0.4) is 0 Å². The van der Waals surface area contributed by atoms with Crippen LogP contribution in [0.1, 0.15) is 36.0 Å². The monoisotopic (exact) mass is 650 g/mol. The summed E-state index contributed by atoms with van der Waals surface area (Å²) in [7, 11) is 1.91. The number of benzene rings is 3. The number of halogens is 1. The molecule has 11 heteroatoms. The number of thioether (sulfide) groups is 1. The zero-order chi connectivity index (χ0) is 31.5. The number of fused-ring (bicyclic) bond motifs is 1. The van der Waals surface area contributed by atoms with Gasteiger partial charge in [0, 0.05) is 35.7 Å². The lowest BCUT2D eigenvalue weighted by molar-refractivity contribution is -0.115. The fourth-order valence-electron chi connectivity index (χ4n) is 5.32. The summed E-state index contributed by atoms with van der Waals surface area (Å²) in [5, 5.41) is 34.4. The number of aryl methyl sites for hydroxylation is 1. The number of carbonyl (C=O) groups is 1. The van der Waals surface area contributed by atoms with Crippen molar-refractivity contribution in [2.24, 2.45) is 0 Å². The molecule has 2 atom stereocenters. The van der Waals surface area contributed by atoms with Crippen molar-refractivity contribution < 1.29 is 24.5 Å². The molecule has 4 aromatic rings. The molecule has 1 amide bonds. The van der Waals surface area contributed by atoms with Gasteiger partial charge >= 0.3 is 0 Å². The van der Waals surface area contributed by atoms with Gasteiger partial charge in [-0.3, -0.25) is 9.59 Å². The Morgan fingerprint density at radius 3 is 2.48 bits per heavy atom. The maximum absolute atomic E-state index is 12.8. The van der Waals surface area contributed by atoms with Crippen LogP contribution in [0.15, 0.2) is 74.8 Å². The number of phenolic OH excluding ortho intramolecular Hbond substituents is 2. The van der Waals surface area contributed by atoms with Gasteiger partial charge in [-0.2, -0.15) is 0 Å². The lowest BCUT2D eigenvalue weighted by Crippen LogP contribution is -2.40. The number of nitrogens with zero attached hydrogens (tertiary/aromatic N) is 1. The number of β-amino-alcohol motifs (C(OH)–C–C–N with tert-alkyl or cyclic N) is 1. The average Bonchev–Trinajstić information content (AvgIpc) is 3.30. The molecule has 0 radical (unpaired) electrons. The molecular weight excluding hydrogens is 620 g/mol. The largest absolute Gasteiger partial charge is 0.507 e. The Morgan fingerprint density at radius 2 is 1.84 bits per heavy atom. The number of aliphatic hydroxyl groups excluding tert-OH is 1. The van der Waals surface area contributed by atoms with Crippen molar-refractivity contribution in [2.75, 3.05) is 20.1 Å². The predicted molar refractivity (Wildman–Crippen MR) is 179 cm³/mol. The van der Waals surface area contributed by atoms with Gasteiger partial charge < -0.3 is 30.0 Å². The third-order valence-electron chi connectivity index (χ3n) is 7.62. The Morgan fingerprint density at radius 1 is 1.11 bits per heavy atom. The molecule has 1 aromatic heterocycles. The molecule has 3 heterocycles. The molecule has 0 bridgehead atoms. The van der Waals surface area contributed by atoms with Crippen molar-refractivity contribution in [2.45, 2.75) is 31.8 Å². The summed E-state index contributed by atoms with van der Waals surface area (Å²) in [6.07, 6.45) is 2.71. The third-order valence-corrected chi connectivity index (χ3v) is 9.11. The molecule has 2 saturated heterocycles. The van der Waals surface area contributed by atoms with Crippen LogP contribution in [-0.4, -0.2) is 56.7 Å². The molecule has 0 spiro atoms. The molecule has 0 saturated carbocycles. The van der Waals surface area contributed by atoms with E-state index in [1.165, 1.54) is 23.4 Å². The van der Waals surface area contributed by atoms with Crippen molar-refractivity contribution in [1.82, 2.24) is 10.2 Å². The van der Waals surface area contributed by atoms with Crippen LogP contribution in [0.2, 0.25) is 5.02 Å². The molecule has 0 aliphatic carbocycles. The Hall–Kier alpha value is -3.67. The molecule has 6 rings (SSSR count). The van der Waals surface area contributed by atoms with E-state index in [2.05, 4.69) is 24.4 Å². The van der Waals surface area contributed by atoms with E-state index in [-0.39, 0.29) is 34.1 Å². The number of phenols is 2. The number of aromatic hydroxyl groups is 2. The van der Waals surface area contributed by atoms with Crippen molar-refractivity contribution in [1.29, 1.82) is 0 Å². The smallest absolute Gasteiger partial charge is 0.263 e. The third kappa shape index (κ3) is 6.85. The minimum atomic E-state index is -0.744. The van der Waals surface area contributed by atoms with Crippen LogP contribution in [0.25, 0.3) is 28.4 Å². The van der Waals surface area contributed by atoms with Gasteiger partial charge in [0.1, 0.15) is 32.5 Å². The molecule has 44 heavy (non-hydrogen) atoms. The first-order valence-corrected chi connectivity index (χ1v) is 15.6. The van der Waals surface area contributed by atoms with Crippen molar-refractivity contribution in [3.63, 3.8) is 0 Å². The molecule has 4 N–H and O–H groups in total. The minimum absolute atomic E-state index is 0.0188. The van der Waals surface area contributed by atoms with E-state index in [4.69, 9.17) is 28.2 Å². The zero-order valence-electron chi connectivity index (χ0n) is 24.0. The first kappa shape index (κ1) is 31.7. The molecule has 228 valence electrons. The van der Waals surface area contributed by atoms with Crippen LogP contribution in [-0.2, 0) is 11.2 Å². The van der Waals surface area contributed by atoms with Gasteiger partial charge in [0.15, 0.2) is 5.43 Å². The fraction of sp³-hybridized carbons (Fsp3) is 0.242. The second-order valence-electron chi connectivity index (χ2n) is 10.7. The molecule has 2 aliphatic rings. The maximum Gasteiger partial charge on any atom is 0.263 e. The summed E-state index contributed by atoms with van der Waals surface area (Å²) >= 11 is 12.5. The number of nitrogens with one attached hydrogen (secondary N) is 1. The number of aliphatic hydroxyl groups is 1. The van der Waals surface area contributed by atoms with E-state index in [1.54, 1.807) is 24.3 Å². The number of likely N-dealkylation sites (tertiary alicyclic amines) is 1. The second-order valence-corrected chi connectivity index (χ2v) is 12.8. The van der Waals surface area contributed by atoms with E-state index in [9.17, 15) is 24.9 Å². The van der Waals surface area contributed by atoms with E-state index in [0.717, 1.165) is 24.6 Å². The van der Waals surface area contributed by atoms with Crippen LogP contribution >= 0.6 is 35.6 Å². The maximum atomic E-state index is 12.8. The molecule has 3 aromatic carbocycles. The molecule has 0 unspecified atom stereocenters. The van der Waals surface area contributed by atoms with Gasteiger partial charge in [0.2, 0.25) is 0 Å². The van der Waals surface area contributed by atoms with Crippen molar-refractivity contribution >= 4 is 62.9 Å². The number of piperidine rings is 1. The number of hydrogen-bond acceptors (Lipinski definition) is 9. The van der Waals surface area contributed by atoms with Crippen LogP contribution in [0, 0.1) is 0 Å². The average molecular weight is 651 g/mol. The highest BCUT2D eigenvalue weighted by Crippen LogP contribution is 2.43. The normalized spacial score (nSPS) is 19.6. The Labute approximate surface area is 269 Å². The molecule has 8 nitrogen and oxygen atoms in total. The quantitative estimate of drug-likeness (QED) is 0.155. The second kappa shape index (κ2) is 13.5. The number of likely N-dealkylation sites (N-methyl/N-ethyl adjacent to an activating group) is 1. The summed E-state index contributed by atoms with van der Waals surface area (Å²) in [6.45, 7) is 3.27. The van der Waals surface area contributed by atoms with Crippen LogP contribution < -0.4 is 10.7 Å². The summed E-state index contributed by atoms with van der Waals surface area (Å²) in [5.41, 5.74) is 2.81. The summed E-state index contributed by atoms with van der Waals surface area (Å²) in [5.74, 6) is -0.869. The number of thiocarbonyl (C=S) groups is 1. The summed E-state index contributed by atoms with van der Waals surface area (Å²) < 4.78 is 6.53. The van der Waals surface area contributed by atoms with Gasteiger partial charge in [-0.15, -0.1) is 0 Å². The van der Waals surface area contributed by atoms with E-state index in [0.29, 0.717) is 38.3 Å². The van der Waals surface area contributed by atoms with E-state index in [1.807, 2.05) is 30.2 Å². The van der Waals surface area contributed by atoms with E-state index < -0.39 is 17.5 Å². The fourth-order valence-corrected chi connectivity index (χ4v) is 6.60. The standard InChI is InChI=1S/C21H20ClNO5.C12H11NOS2/c1-23-7-6-12(17(27)10-23)19-14(24)8-15(25)20-16(26)9-18(28-21(19)20)11-4-2-3-5-13(11)22;1-2-8-3-5-9(6-4-8)7-10-11(14)13-12(15)16-10/h2-5,8-9,12,17,24-25,27H,6-7,10H2,1H3;3-7H,2H2,1H3,(H,13,14,15)/b;10-7-/t12-,17+;/m0./s1. The Bertz CT molecular complexity index is 1820. The van der Waals surface area contributed by atoms with Crippen LogP contribution in [0.4, 0.5) is 0 Å². The van der Waals surface area contributed by atoms with Gasteiger partial charge in [-0.1, -0.05) is 78.9 Å². The summed E-state index contributed by atoms with van der Waals surface area (Å²) in [4.78, 5) is 26.8. The van der Waals surface area contributed by atoms with Gasteiger partial charge in [-0.25, -0.2) is 0 Å². The molecular formula is C33H31ClN2O6S2. The van der Waals surface area contributed by atoms with Gasteiger partial charge in [0.05, 0.1) is 16.0 Å². The predicted octanol–water partition coefficient (Wildman–Crippen LogP) is 6.04. The van der Waals surface area contributed by atoms with Gasteiger partial charge in [-0.05, 0) is 55.8 Å². The van der Waals surface area contributed by atoms with Crippen molar-refractivity contribution in [3.8, 4) is 22.8 Å². The number of hydrogen-bond donors (Lipinski definition) is 4.